The average Bonchev–Trinajstić information content (AvgIpc) is 2.84. The van der Waals surface area contributed by atoms with Crippen molar-refractivity contribution in [3.8, 4) is 11.5 Å². The summed E-state index contributed by atoms with van der Waals surface area (Å²) in [6.45, 7) is 3.81. The summed E-state index contributed by atoms with van der Waals surface area (Å²) in [7, 11) is -3.05. The van der Waals surface area contributed by atoms with Crippen LogP contribution in [0.5, 0.6) is 11.5 Å². The van der Waals surface area contributed by atoms with Crippen molar-refractivity contribution in [1.82, 2.24) is 5.32 Å². The van der Waals surface area contributed by atoms with E-state index in [1.165, 1.54) is 36.4 Å². The number of esters is 1. The highest BCUT2D eigenvalue weighted by Crippen LogP contribution is 2.37. The molecular formula is C26H25F3N2O6S. The molecule has 0 aliphatic rings. The van der Waals surface area contributed by atoms with Crippen molar-refractivity contribution in [2.24, 2.45) is 0 Å². The van der Waals surface area contributed by atoms with Gasteiger partial charge in [-0.25, -0.2) is 8.42 Å². The smallest absolute Gasteiger partial charge is 0.416 e. The van der Waals surface area contributed by atoms with Crippen LogP contribution in [0.2, 0.25) is 0 Å². The summed E-state index contributed by atoms with van der Waals surface area (Å²) in [4.78, 5) is 24.0. The molecule has 0 fully saturated rings. The van der Waals surface area contributed by atoms with Crippen LogP contribution in [-0.2, 0) is 32.2 Å². The monoisotopic (exact) mass is 550 g/mol. The second-order valence-electron chi connectivity index (χ2n) is 8.21. The maximum Gasteiger partial charge on any atom is 0.416 e. The number of amides is 1. The van der Waals surface area contributed by atoms with Gasteiger partial charge in [0.05, 0.1) is 29.7 Å². The fourth-order valence-electron chi connectivity index (χ4n) is 3.37. The molecule has 202 valence electrons. The summed E-state index contributed by atoms with van der Waals surface area (Å²) < 4.78 is 79.3. The van der Waals surface area contributed by atoms with Gasteiger partial charge in [0.25, 0.3) is 15.9 Å². The standard InChI is InChI=1S/C26H25F3N2O6S/c1-4-30-25(33)18-7-10-23(22(14-18)31-38(34,35)21-8-5-16(2)6-9-21)37-20-12-17(13-24(32)36-3)11-19(15-20)26(27,28)29/h5-12,14-15,31H,4,13H2,1-3H3,(H,30,33). The van der Waals surface area contributed by atoms with Crippen LogP contribution in [0.25, 0.3) is 0 Å². The summed E-state index contributed by atoms with van der Waals surface area (Å²) in [5.74, 6) is -1.72. The van der Waals surface area contributed by atoms with E-state index in [2.05, 4.69) is 14.8 Å². The third-order valence-electron chi connectivity index (χ3n) is 5.25. The van der Waals surface area contributed by atoms with Crippen molar-refractivity contribution in [3.05, 3.63) is 82.9 Å². The zero-order valence-corrected chi connectivity index (χ0v) is 21.5. The van der Waals surface area contributed by atoms with E-state index in [0.29, 0.717) is 6.54 Å². The maximum atomic E-state index is 13.5. The van der Waals surface area contributed by atoms with Gasteiger partial charge in [-0.05, 0) is 67.9 Å². The molecule has 38 heavy (non-hydrogen) atoms. The van der Waals surface area contributed by atoms with Crippen LogP contribution in [-0.4, -0.2) is 33.9 Å². The predicted molar refractivity (Wildman–Crippen MR) is 134 cm³/mol. The molecule has 1 amide bonds. The molecule has 3 aromatic carbocycles. The predicted octanol–water partition coefficient (Wildman–Crippen LogP) is 5.07. The molecule has 0 spiro atoms. The summed E-state index contributed by atoms with van der Waals surface area (Å²) in [6.07, 6.45) is -5.19. The highest BCUT2D eigenvalue weighted by atomic mass is 32.2. The molecule has 8 nitrogen and oxygen atoms in total. The number of rotatable bonds is 9. The van der Waals surface area contributed by atoms with Crippen molar-refractivity contribution in [2.75, 3.05) is 18.4 Å². The molecule has 0 aliphatic carbocycles. The Morgan fingerprint density at radius 3 is 2.26 bits per heavy atom. The zero-order valence-electron chi connectivity index (χ0n) is 20.7. The molecule has 2 N–H and O–H groups in total. The fraction of sp³-hybridized carbons (Fsp3) is 0.231. The van der Waals surface area contributed by atoms with Crippen molar-refractivity contribution in [1.29, 1.82) is 0 Å². The molecule has 0 aliphatic heterocycles. The molecule has 3 rings (SSSR count). The zero-order chi connectivity index (χ0) is 28.1. The van der Waals surface area contributed by atoms with Gasteiger partial charge in [0.1, 0.15) is 5.75 Å². The Morgan fingerprint density at radius 1 is 0.974 bits per heavy atom. The van der Waals surface area contributed by atoms with Crippen LogP contribution in [0.1, 0.15) is 34.0 Å². The third-order valence-corrected chi connectivity index (χ3v) is 6.63. The number of ether oxygens (including phenoxy) is 2. The maximum absolute atomic E-state index is 13.5. The highest BCUT2D eigenvalue weighted by molar-refractivity contribution is 7.92. The van der Waals surface area contributed by atoms with Crippen LogP contribution >= 0.6 is 0 Å². The summed E-state index contributed by atoms with van der Waals surface area (Å²) in [6, 6.07) is 12.5. The van der Waals surface area contributed by atoms with E-state index < -0.39 is 40.1 Å². The largest absolute Gasteiger partial charge is 0.469 e. The number of sulfonamides is 1. The minimum Gasteiger partial charge on any atom is -0.469 e. The number of methoxy groups -OCH3 is 1. The first-order valence-corrected chi connectivity index (χ1v) is 12.8. The lowest BCUT2D eigenvalue weighted by Crippen LogP contribution is -2.23. The second-order valence-corrected chi connectivity index (χ2v) is 9.89. The molecule has 0 saturated heterocycles. The van der Waals surface area contributed by atoms with Crippen molar-refractivity contribution in [2.45, 2.75) is 31.3 Å². The normalized spacial score (nSPS) is 11.5. The number of aryl methyl sites for hydroxylation is 1. The Labute approximate surface area is 217 Å². The quantitative estimate of drug-likeness (QED) is 0.360. The van der Waals surface area contributed by atoms with Gasteiger partial charge in [-0.3, -0.25) is 14.3 Å². The molecule has 12 heteroatoms. The van der Waals surface area contributed by atoms with Gasteiger partial charge in [-0.2, -0.15) is 13.2 Å². The number of hydrogen-bond acceptors (Lipinski definition) is 6. The molecule has 0 unspecified atom stereocenters. The lowest BCUT2D eigenvalue weighted by atomic mass is 10.1. The number of halogens is 3. The van der Waals surface area contributed by atoms with E-state index in [0.717, 1.165) is 24.8 Å². The lowest BCUT2D eigenvalue weighted by molar-refractivity contribution is -0.140. The minimum atomic E-state index is -4.75. The molecule has 0 heterocycles. The summed E-state index contributed by atoms with van der Waals surface area (Å²) >= 11 is 0. The Balaban J connectivity index is 2.07. The van der Waals surface area contributed by atoms with Crippen LogP contribution in [0.3, 0.4) is 0 Å². The van der Waals surface area contributed by atoms with Gasteiger partial charge in [0, 0.05) is 12.1 Å². The van der Waals surface area contributed by atoms with E-state index in [1.807, 2.05) is 0 Å². The molecule has 3 aromatic rings. The Morgan fingerprint density at radius 2 is 1.66 bits per heavy atom. The van der Waals surface area contributed by atoms with Crippen LogP contribution < -0.4 is 14.8 Å². The van der Waals surface area contributed by atoms with Crippen molar-refractivity contribution in [3.63, 3.8) is 0 Å². The van der Waals surface area contributed by atoms with Crippen molar-refractivity contribution < 1.29 is 40.7 Å². The topological polar surface area (TPSA) is 111 Å². The van der Waals surface area contributed by atoms with E-state index in [1.54, 1.807) is 26.0 Å². The fourth-order valence-corrected chi connectivity index (χ4v) is 4.44. The molecule has 0 atom stereocenters. The number of carbonyl (C=O) groups excluding carboxylic acids is 2. The van der Waals surface area contributed by atoms with Crippen LogP contribution in [0.15, 0.2) is 65.6 Å². The van der Waals surface area contributed by atoms with Gasteiger partial charge in [-0.1, -0.05) is 17.7 Å². The molecule has 0 aromatic heterocycles. The number of anilines is 1. The number of benzene rings is 3. The van der Waals surface area contributed by atoms with Crippen molar-refractivity contribution >= 4 is 27.6 Å². The molecule has 0 radical (unpaired) electrons. The summed E-state index contributed by atoms with van der Waals surface area (Å²) in [5.41, 5.74) is -0.354. The average molecular weight is 551 g/mol. The number of alkyl halides is 3. The highest BCUT2D eigenvalue weighted by Gasteiger charge is 2.32. The molecule has 0 saturated carbocycles. The minimum absolute atomic E-state index is 0.0256. The summed E-state index contributed by atoms with van der Waals surface area (Å²) in [5, 5.41) is 2.59. The van der Waals surface area contributed by atoms with E-state index in [4.69, 9.17) is 4.74 Å². The van der Waals surface area contributed by atoms with E-state index in [-0.39, 0.29) is 33.2 Å². The van der Waals surface area contributed by atoms with Crippen LogP contribution in [0.4, 0.5) is 18.9 Å². The van der Waals surface area contributed by atoms with Gasteiger partial charge < -0.3 is 14.8 Å². The number of nitrogens with one attached hydrogen (secondary N) is 2. The van der Waals surface area contributed by atoms with E-state index >= 15 is 0 Å². The SMILES string of the molecule is CCNC(=O)c1ccc(Oc2cc(CC(=O)OC)cc(C(F)(F)F)c2)c(NS(=O)(=O)c2ccc(C)cc2)c1. The first kappa shape index (κ1) is 28.5. The Hall–Kier alpha value is -4.06. The van der Waals surface area contributed by atoms with Gasteiger partial charge in [-0.15, -0.1) is 0 Å². The first-order chi connectivity index (χ1) is 17.8. The molecule has 0 bridgehead atoms. The van der Waals surface area contributed by atoms with Gasteiger partial charge in [0.2, 0.25) is 0 Å². The number of hydrogen-bond donors (Lipinski definition) is 2. The second kappa shape index (κ2) is 11.5. The van der Waals surface area contributed by atoms with Gasteiger partial charge >= 0.3 is 12.1 Å². The van der Waals surface area contributed by atoms with Gasteiger partial charge in [0.15, 0.2) is 5.75 Å². The van der Waals surface area contributed by atoms with E-state index in [9.17, 15) is 31.2 Å². The van der Waals surface area contributed by atoms with Crippen LogP contribution in [0, 0.1) is 6.92 Å². The first-order valence-electron chi connectivity index (χ1n) is 11.3. The Bertz CT molecular complexity index is 1440. The Kier molecular flexibility index (Phi) is 8.67. The third kappa shape index (κ3) is 7.25. The lowest BCUT2D eigenvalue weighted by Gasteiger charge is -2.17. The molecular weight excluding hydrogens is 525 g/mol. The number of carbonyl (C=O) groups is 2.